The number of carbonyl (C=O) groups is 2. The second kappa shape index (κ2) is 8.49. The van der Waals surface area contributed by atoms with Gasteiger partial charge >= 0.3 is 12.1 Å². The lowest BCUT2D eigenvalue weighted by atomic mass is 9.78. The zero-order valence-electron chi connectivity index (χ0n) is 18.3. The highest BCUT2D eigenvalue weighted by molar-refractivity contribution is 6.48. The van der Waals surface area contributed by atoms with Gasteiger partial charge < -0.3 is 19.0 Å². The van der Waals surface area contributed by atoms with E-state index in [0.29, 0.717) is 13.0 Å². The molecule has 0 unspecified atom stereocenters. The summed E-state index contributed by atoms with van der Waals surface area (Å²) in [6, 6.07) is 0. The Balaban J connectivity index is 3.36. The van der Waals surface area contributed by atoms with Gasteiger partial charge in [-0.3, -0.25) is 9.69 Å². The van der Waals surface area contributed by atoms with Gasteiger partial charge in [0.1, 0.15) is 11.7 Å². The van der Waals surface area contributed by atoms with Crippen molar-refractivity contribution in [1.82, 2.24) is 4.90 Å². The van der Waals surface area contributed by atoms with Gasteiger partial charge in [-0.05, 0) is 45.2 Å². The molecule has 1 heterocycles. The molecule has 1 aliphatic rings. The van der Waals surface area contributed by atoms with Crippen molar-refractivity contribution >= 4 is 21.1 Å². The molecule has 1 rings (SSSR count). The Morgan fingerprint density at radius 2 is 1.78 bits per heavy atom. The van der Waals surface area contributed by atoms with Gasteiger partial charge in [0.2, 0.25) is 0 Å². The number of hydrogen-bond donors (Lipinski definition) is 1. The molecule has 7 nitrogen and oxygen atoms in total. The first-order chi connectivity index (χ1) is 12.1. The number of carbonyl (C=O) groups excluding carboxylic acids is 2. The first-order valence-corrected chi connectivity index (χ1v) is 12.3. The summed E-state index contributed by atoms with van der Waals surface area (Å²) in [5.41, 5.74) is -2.06. The third kappa shape index (κ3) is 6.19. The molecule has 1 fully saturated rings. The van der Waals surface area contributed by atoms with Crippen molar-refractivity contribution in [1.29, 1.82) is 0 Å². The monoisotopic (exact) mass is 403 g/mol. The molecule has 0 aromatic carbocycles. The second-order valence-corrected chi connectivity index (χ2v) is 12.0. The fourth-order valence-electron chi connectivity index (χ4n) is 3.34. The lowest BCUT2D eigenvalue weighted by Gasteiger charge is -2.43. The summed E-state index contributed by atoms with van der Waals surface area (Å²) in [7, 11) is -0.401. The first-order valence-electron chi connectivity index (χ1n) is 9.55. The van der Waals surface area contributed by atoms with E-state index in [4.69, 9.17) is 13.9 Å². The zero-order chi connectivity index (χ0) is 21.2. The molecule has 1 N–H and O–H groups in total. The summed E-state index contributed by atoms with van der Waals surface area (Å²) < 4.78 is 16.6. The minimum Gasteiger partial charge on any atom is -0.469 e. The highest BCUT2D eigenvalue weighted by Crippen LogP contribution is 2.46. The number of amides is 1. The second-order valence-electron chi connectivity index (χ2n) is 9.67. The summed E-state index contributed by atoms with van der Waals surface area (Å²) in [6.45, 7) is 16.0. The minimum absolute atomic E-state index is 0.0880. The standard InChI is InChI=1S/C19H37NO6Si/c1-17(2,3)13-11-19(26-27(8)9,14(21)10-15(22)24-7)20(12-13)16(23)25-18(4,5)6/h13-14,21,27H,10-12H2,1-9H3/t13-,14+,19-/m0/s1. The molecule has 0 spiro atoms. The number of ether oxygens (including phenoxy) is 2. The largest absolute Gasteiger partial charge is 0.469 e. The molecule has 1 aliphatic heterocycles. The molecule has 0 radical (unpaired) electrons. The number of hydrogen-bond acceptors (Lipinski definition) is 6. The van der Waals surface area contributed by atoms with E-state index in [1.807, 2.05) is 13.1 Å². The Morgan fingerprint density at radius 3 is 2.19 bits per heavy atom. The van der Waals surface area contributed by atoms with E-state index in [0.717, 1.165) is 0 Å². The molecule has 27 heavy (non-hydrogen) atoms. The van der Waals surface area contributed by atoms with Crippen molar-refractivity contribution in [3.63, 3.8) is 0 Å². The highest BCUT2D eigenvalue weighted by Gasteiger charge is 2.57. The molecule has 158 valence electrons. The van der Waals surface area contributed by atoms with Crippen LogP contribution in [0.4, 0.5) is 4.79 Å². The third-order valence-electron chi connectivity index (χ3n) is 4.79. The van der Waals surface area contributed by atoms with E-state index in [2.05, 4.69) is 20.8 Å². The molecule has 0 aromatic rings. The van der Waals surface area contributed by atoms with Crippen molar-refractivity contribution in [3.05, 3.63) is 0 Å². The average Bonchev–Trinajstić information content (AvgIpc) is 2.85. The number of methoxy groups -OCH3 is 1. The van der Waals surface area contributed by atoms with E-state index in [1.165, 1.54) is 12.0 Å². The van der Waals surface area contributed by atoms with Crippen LogP contribution in [0, 0.1) is 11.3 Å². The molecule has 0 bridgehead atoms. The van der Waals surface area contributed by atoms with Gasteiger partial charge in [-0.15, -0.1) is 0 Å². The van der Waals surface area contributed by atoms with Crippen LogP contribution < -0.4 is 0 Å². The van der Waals surface area contributed by atoms with Gasteiger partial charge in [0, 0.05) is 13.0 Å². The Labute approximate surface area is 165 Å². The van der Waals surface area contributed by atoms with Crippen molar-refractivity contribution in [2.45, 2.75) is 84.9 Å². The fourth-order valence-corrected chi connectivity index (χ4v) is 4.54. The molecule has 0 aliphatic carbocycles. The number of esters is 1. The molecule has 1 saturated heterocycles. The predicted octanol–water partition coefficient (Wildman–Crippen LogP) is 2.91. The van der Waals surface area contributed by atoms with E-state index in [9.17, 15) is 14.7 Å². The normalized spacial score (nSPS) is 24.9. The van der Waals surface area contributed by atoms with Crippen LogP contribution in [0.5, 0.6) is 0 Å². The lowest BCUT2D eigenvalue weighted by Crippen LogP contribution is -2.59. The van der Waals surface area contributed by atoms with Gasteiger partial charge in [0.25, 0.3) is 0 Å². The average molecular weight is 404 g/mol. The number of nitrogens with zero attached hydrogens (tertiary/aromatic N) is 1. The van der Waals surface area contributed by atoms with Crippen molar-refractivity contribution in [2.75, 3.05) is 13.7 Å². The zero-order valence-corrected chi connectivity index (χ0v) is 19.4. The fraction of sp³-hybridized carbons (Fsp3) is 0.895. The molecular weight excluding hydrogens is 366 g/mol. The van der Waals surface area contributed by atoms with Crippen LogP contribution in [0.2, 0.25) is 13.1 Å². The topological polar surface area (TPSA) is 85.3 Å². The number of aliphatic hydroxyl groups excluding tert-OH is 1. The first kappa shape index (κ1) is 23.9. The molecule has 8 heteroatoms. The minimum atomic E-state index is -1.68. The molecule has 0 saturated carbocycles. The predicted molar refractivity (Wildman–Crippen MR) is 106 cm³/mol. The van der Waals surface area contributed by atoms with Gasteiger partial charge in [0.05, 0.1) is 13.5 Å². The number of rotatable bonds is 5. The Morgan fingerprint density at radius 1 is 1.22 bits per heavy atom. The van der Waals surface area contributed by atoms with Crippen LogP contribution in [0.1, 0.15) is 54.4 Å². The summed E-state index contributed by atoms with van der Waals surface area (Å²) in [5, 5.41) is 11.0. The third-order valence-corrected chi connectivity index (χ3v) is 5.67. The molecular formula is C19H37NO6Si. The maximum Gasteiger partial charge on any atom is 0.412 e. The van der Waals surface area contributed by atoms with E-state index in [1.54, 1.807) is 20.8 Å². The van der Waals surface area contributed by atoms with E-state index >= 15 is 0 Å². The van der Waals surface area contributed by atoms with Gasteiger partial charge in [-0.1, -0.05) is 20.8 Å². The smallest absolute Gasteiger partial charge is 0.412 e. The molecule has 3 atom stereocenters. The van der Waals surface area contributed by atoms with Crippen molar-refractivity contribution in [3.8, 4) is 0 Å². The van der Waals surface area contributed by atoms with E-state index in [-0.39, 0.29) is 17.8 Å². The van der Waals surface area contributed by atoms with Crippen LogP contribution in [0.3, 0.4) is 0 Å². The quantitative estimate of drug-likeness (QED) is 0.561. The molecule has 0 aromatic heterocycles. The number of likely N-dealkylation sites (tertiary alicyclic amines) is 1. The van der Waals surface area contributed by atoms with Gasteiger partial charge in [0.15, 0.2) is 14.8 Å². The summed E-state index contributed by atoms with van der Waals surface area (Å²) in [5.74, 6) is -0.454. The van der Waals surface area contributed by atoms with Gasteiger partial charge in [-0.25, -0.2) is 4.79 Å². The van der Waals surface area contributed by atoms with Crippen LogP contribution in [-0.2, 0) is 18.7 Å². The Kier molecular flexibility index (Phi) is 7.52. The van der Waals surface area contributed by atoms with Gasteiger partial charge in [-0.2, -0.15) is 0 Å². The van der Waals surface area contributed by atoms with Crippen LogP contribution in [0.25, 0.3) is 0 Å². The summed E-state index contributed by atoms with van der Waals surface area (Å²) >= 11 is 0. The van der Waals surface area contributed by atoms with Crippen molar-refractivity contribution in [2.24, 2.45) is 11.3 Å². The maximum absolute atomic E-state index is 13.0. The van der Waals surface area contributed by atoms with Crippen molar-refractivity contribution < 1.29 is 28.6 Å². The van der Waals surface area contributed by atoms with Crippen LogP contribution in [-0.4, -0.2) is 62.2 Å². The highest BCUT2D eigenvalue weighted by atomic mass is 28.3. The lowest BCUT2D eigenvalue weighted by molar-refractivity contribution is -0.161. The number of aliphatic hydroxyl groups is 1. The Hall–Kier alpha value is -1.12. The maximum atomic E-state index is 13.0. The SMILES string of the molecule is COC(=O)C[C@@H](O)[C@@]1(O[SiH](C)C)C[C@H](C(C)(C)C)CN1C(=O)OC(C)(C)C. The van der Waals surface area contributed by atoms with E-state index < -0.39 is 38.5 Å². The molecule has 1 amide bonds. The summed E-state index contributed by atoms with van der Waals surface area (Å²) in [6.07, 6.45) is -1.53. The van der Waals surface area contributed by atoms with Crippen LogP contribution in [0.15, 0.2) is 0 Å². The van der Waals surface area contributed by atoms with Crippen LogP contribution >= 0.6 is 0 Å². The Bertz CT molecular complexity index is 539. The summed E-state index contributed by atoms with van der Waals surface area (Å²) in [4.78, 5) is 26.3.